The van der Waals surface area contributed by atoms with Crippen LogP contribution < -0.4 is 4.90 Å². The topological polar surface area (TPSA) is 63.4 Å². The van der Waals surface area contributed by atoms with Gasteiger partial charge < -0.3 is 0 Å². The molecule has 29 heavy (non-hydrogen) atoms. The molecule has 1 aliphatic rings. The molecule has 5 rings (SSSR count). The minimum absolute atomic E-state index is 0.0172. The maximum atomic E-state index is 13.7. The molecule has 4 heterocycles. The van der Waals surface area contributed by atoms with Crippen molar-refractivity contribution in [3.63, 3.8) is 0 Å². The van der Waals surface area contributed by atoms with Crippen molar-refractivity contribution in [1.82, 2.24) is 19.8 Å². The minimum Gasteiger partial charge on any atom is -0.278 e. The number of benzene rings is 1. The second kappa shape index (κ2) is 6.38. The van der Waals surface area contributed by atoms with Gasteiger partial charge in [0.25, 0.3) is 0 Å². The molecule has 1 amide bonds. The van der Waals surface area contributed by atoms with E-state index >= 15 is 0 Å². The Kier molecular flexibility index (Phi) is 3.81. The van der Waals surface area contributed by atoms with Gasteiger partial charge in [0.2, 0.25) is 5.91 Å². The minimum atomic E-state index is -0.774. The summed E-state index contributed by atoms with van der Waals surface area (Å²) in [6.45, 7) is 3.88. The van der Waals surface area contributed by atoms with E-state index in [0.29, 0.717) is 5.69 Å². The van der Waals surface area contributed by atoms with Crippen molar-refractivity contribution in [2.45, 2.75) is 13.8 Å². The third kappa shape index (κ3) is 2.56. The Morgan fingerprint density at radius 3 is 2.41 bits per heavy atom. The molecular weight excluding hydrogens is 362 g/mol. The van der Waals surface area contributed by atoms with Crippen LogP contribution in [0, 0.1) is 5.41 Å². The average Bonchev–Trinajstić information content (AvgIpc) is 3.26. The quantitative estimate of drug-likeness (QED) is 0.537. The molecule has 0 aliphatic carbocycles. The number of rotatable bonds is 3. The number of para-hydroxylation sites is 1. The van der Waals surface area contributed by atoms with Gasteiger partial charge in [-0.15, -0.1) is 5.10 Å². The van der Waals surface area contributed by atoms with Crippen molar-refractivity contribution < 1.29 is 4.79 Å². The van der Waals surface area contributed by atoms with Gasteiger partial charge in [0.1, 0.15) is 5.69 Å². The first kappa shape index (κ1) is 17.3. The summed E-state index contributed by atoms with van der Waals surface area (Å²) >= 11 is 0. The summed E-state index contributed by atoms with van der Waals surface area (Å²) in [7, 11) is 0. The second-order valence-electron chi connectivity index (χ2n) is 7.51. The molecule has 1 aromatic carbocycles. The first-order valence-corrected chi connectivity index (χ1v) is 9.45. The van der Waals surface area contributed by atoms with Crippen LogP contribution in [0.5, 0.6) is 0 Å². The lowest BCUT2D eigenvalue weighted by atomic mass is 9.82. The van der Waals surface area contributed by atoms with E-state index in [0.717, 1.165) is 28.2 Å². The Bertz CT molecular complexity index is 1240. The first-order valence-electron chi connectivity index (χ1n) is 9.45. The molecule has 6 nitrogen and oxygen atoms in total. The van der Waals surface area contributed by atoms with Gasteiger partial charge in [-0.1, -0.05) is 35.5 Å². The van der Waals surface area contributed by atoms with Gasteiger partial charge in [-0.3, -0.25) is 14.7 Å². The standard InChI is InChI=1S/C23H19N5O/c1-23(2)19(17-12-6-8-14-24-17)21(20-18-13-7-9-15-27(18)26-25-20)28(22(23)29)16-10-4-3-5-11-16/h3-15H,1-2H3. The fraction of sp³-hybridized carbons (Fsp3) is 0.130. The summed E-state index contributed by atoms with van der Waals surface area (Å²) in [5, 5.41) is 8.73. The molecule has 3 aromatic heterocycles. The number of carbonyl (C=O) groups is 1. The van der Waals surface area contributed by atoms with Crippen LogP contribution in [0.4, 0.5) is 5.69 Å². The Balaban J connectivity index is 1.88. The van der Waals surface area contributed by atoms with Crippen LogP contribution in [0.15, 0.2) is 79.1 Å². The van der Waals surface area contributed by atoms with E-state index in [1.807, 2.05) is 86.8 Å². The van der Waals surface area contributed by atoms with Crippen molar-refractivity contribution in [2.75, 3.05) is 4.90 Å². The fourth-order valence-electron chi connectivity index (χ4n) is 3.91. The molecule has 0 bridgehead atoms. The first-order chi connectivity index (χ1) is 14.1. The molecule has 0 radical (unpaired) electrons. The van der Waals surface area contributed by atoms with Crippen LogP contribution in [-0.4, -0.2) is 25.7 Å². The molecule has 4 aromatic rings. The Morgan fingerprint density at radius 2 is 1.66 bits per heavy atom. The molecule has 6 heteroatoms. The van der Waals surface area contributed by atoms with Crippen LogP contribution in [-0.2, 0) is 4.79 Å². The zero-order chi connectivity index (χ0) is 20.0. The molecule has 1 aliphatic heterocycles. The third-order valence-electron chi connectivity index (χ3n) is 5.31. The number of pyridine rings is 2. The number of anilines is 1. The van der Waals surface area contributed by atoms with Crippen LogP contribution in [0.3, 0.4) is 0 Å². The zero-order valence-electron chi connectivity index (χ0n) is 16.1. The summed E-state index contributed by atoms with van der Waals surface area (Å²) in [6.07, 6.45) is 3.59. The normalized spacial score (nSPS) is 16.1. The SMILES string of the molecule is CC1(C)C(=O)N(c2ccccc2)C(c2nnn3ccccc23)=C1c1ccccn1. The zero-order valence-corrected chi connectivity index (χ0v) is 16.1. The number of aromatic nitrogens is 4. The molecule has 0 N–H and O–H groups in total. The van der Waals surface area contributed by atoms with Gasteiger partial charge in [0.15, 0.2) is 0 Å². The third-order valence-corrected chi connectivity index (χ3v) is 5.31. The van der Waals surface area contributed by atoms with Crippen molar-refractivity contribution in [2.24, 2.45) is 5.41 Å². The highest BCUT2D eigenvalue weighted by atomic mass is 16.2. The van der Waals surface area contributed by atoms with Crippen LogP contribution in [0.2, 0.25) is 0 Å². The van der Waals surface area contributed by atoms with Crippen LogP contribution in [0.1, 0.15) is 25.2 Å². The van der Waals surface area contributed by atoms with E-state index in [1.165, 1.54) is 0 Å². The van der Waals surface area contributed by atoms with Crippen molar-refractivity contribution >= 4 is 28.4 Å². The van der Waals surface area contributed by atoms with Gasteiger partial charge in [-0.05, 0) is 50.2 Å². The predicted molar refractivity (Wildman–Crippen MR) is 112 cm³/mol. The second-order valence-corrected chi connectivity index (χ2v) is 7.51. The molecular formula is C23H19N5O. The predicted octanol–water partition coefficient (Wildman–Crippen LogP) is 4.07. The van der Waals surface area contributed by atoms with Gasteiger partial charge >= 0.3 is 0 Å². The summed E-state index contributed by atoms with van der Waals surface area (Å²) in [4.78, 5) is 20.0. The van der Waals surface area contributed by atoms with E-state index in [2.05, 4.69) is 15.3 Å². The van der Waals surface area contributed by atoms with E-state index in [4.69, 9.17) is 0 Å². The number of fused-ring (bicyclic) bond motifs is 1. The van der Waals surface area contributed by atoms with Crippen LogP contribution >= 0.6 is 0 Å². The van der Waals surface area contributed by atoms with Gasteiger partial charge in [-0.2, -0.15) is 0 Å². The summed E-state index contributed by atoms with van der Waals surface area (Å²) < 4.78 is 1.72. The number of hydrogen-bond acceptors (Lipinski definition) is 4. The Morgan fingerprint density at radius 1 is 0.897 bits per heavy atom. The molecule has 0 atom stereocenters. The summed E-state index contributed by atoms with van der Waals surface area (Å²) in [5.74, 6) is -0.0172. The largest absolute Gasteiger partial charge is 0.278 e. The van der Waals surface area contributed by atoms with Crippen molar-refractivity contribution in [3.05, 3.63) is 90.5 Å². The Labute approximate surface area is 168 Å². The fourth-order valence-corrected chi connectivity index (χ4v) is 3.91. The van der Waals surface area contributed by atoms with Gasteiger partial charge in [-0.25, -0.2) is 4.52 Å². The van der Waals surface area contributed by atoms with Gasteiger partial charge in [0, 0.05) is 23.7 Å². The lowest BCUT2D eigenvalue weighted by Gasteiger charge is -2.22. The summed E-state index contributed by atoms with van der Waals surface area (Å²) in [6, 6.07) is 21.2. The van der Waals surface area contributed by atoms with E-state index in [9.17, 15) is 4.79 Å². The van der Waals surface area contributed by atoms with Crippen molar-refractivity contribution in [3.8, 4) is 0 Å². The maximum absolute atomic E-state index is 13.7. The summed E-state index contributed by atoms with van der Waals surface area (Å²) in [5.41, 5.74) is 3.85. The average molecular weight is 381 g/mol. The smallest absolute Gasteiger partial charge is 0.241 e. The number of hydrogen-bond donors (Lipinski definition) is 0. The molecule has 0 unspecified atom stereocenters. The number of amides is 1. The monoisotopic (exact) mass is 381 g/mol. The highest BCUT2D eigenvalue weighted by Gasteiger charge is 2.49. The highest BCUT2D eigenvalue weighted by molar-refractivity contribution is 6.25. The molecule has 0 fully saturated rings. The maximum Gasteiger partial charge on any atom is 0.241 e. The highest BCUT2D eigenvalue weighted by Crippen LogP contribution is 2.50. The van der Waals surface area contributed by atoms with E-state index in [1.54, 1.807) is 15.6 Å². The Hall–Kier alpha value is -3.80. The van der Waals surface area contributed by atoms with Crippen molar-refractivity contribution in [1.29, 1.82) is 0 Å². The molecule has 0 spiro atoms. The van der Waals surface area contributed by atoms with Gasteiger partial charge in [0.05, 0.1) is 22.3 Å². The van der Waals surface area contributed by atoms with Crippen LogP contribution in [0.25, 0.3) is 16.8 Å². The molecule has 0 saturated carbocycles. The number of nitrogens with zero attached hydrogens (tertiary/aromatic N) is 5. The van der Waals surface area contributed by atoms with E-state index in [-0.39, 0.29) is 5.91 Å². The molecule has 142 valence electrons. The number of carbonyl (C=O) groups excluding carboxylic acids is 1. The van der Waals surface area contributed by atoms with E-state index < -0.39 is 5.41 Å². The lowest BCUT2D eigenvalue weighted by Crippen LogP contribution is -2.33. The molecule has 0 saturated heterocycles. The lowest BCUT2D eigenvalue weighted by molar-refractivity contribution is -0.122.